The van der Waals surface area contributed by atoms with Crippen LogP contribution in [-0.4, -0.2) is 14.9 Å². The molecule has 2 rings (SSSR count). The van der Waals surface area contributed by atoms with Gasteiger partial charge < -0.3 is 4.43 Å². The van der Waals surface area contributed by atoms with Crippen LogP contribution in [0.5, 0.6) is 0 Å². The fourth-order valence-electron chi connectivity index (χ4n) is 4.91. The molecule has 23 heavy (non-hydrogen) atoms. The maximum atomic E-state index is 6.62. The van der Waals surface area contributed by atoms with Crippen LogP contribution in [0.2, 0.25) is 18.1 Å². The molecule has 0 amide bonds. The Morgan fingerprint density at radius 1 is 1.22 bits per heavy atom. The standard InChI is InChI=1S/C21H40OSi/c1-9-10-11-18-17(15-22-23(7,8)20(2,3)4)12-16-13-21(5,6)14-19(16)18/h9,16-19H,1,10-15H2,2-8H3/t16?,17?,18-,19?/m0/s1. The fraction of sp³-hybridized carbons (Fsp3) is 0.905. The minimum atomic E-state index is -1.62. The first kappa shape index (κ1) is 19.2. The van der Waals surface area contributed by atoms with Gasteiger partial charge in [0, 0.05) is 6.61 Å². The molecular weight excluding hydrogens is 296 g/mol. The topological polar surface area (TPSA) is 9.23 Å². The van der Waals surface area contributed by atoms with Crippen molar-refractivity contribution in [3.8, 4) is 0 Å². The van der Waals surface area contributed by atoms with Crippen molar-refractivity contribution in [2.24, 2.45) is 29.1 Å². The minimum Gasteiger partial charge on any atom is -0.417 e. The van der Waals surface area contributed by atoms with Crippen LogP contribution < -0.4 is 0 Å². The average molecular weight is 337 g/mol. The van der Waals surface area contributed by atoms with Crippen molar-refractivity contribution in [3.05, 3.63) is 12.7 Å². The molecule has 0 radical (unpaired) electrons. The van der Waals surface area contributed by atoms with Crippen molar-refractivity contribution in [3.63, 3.8) is 0 Å². The van der Waals surface area contributed by atoms with Gasteiger partial charge in [0.25, 0.3) is 0 Å². The molecule has 0 saturated heterocycles. The molecule has 3 unspecified atom stereocenters. The number of fused-ring (bicyclic) bond motifs is 1. The van der Waals surface area contributed by atoms with Gasteiger partial charge in [0.05, 0.1) is 0 Å². The Morgan fingerprint density at radius 3 is 2.43 bits per heavy atom. The summed E-state index contributed by atoms with van der Waals surface area (Å²) in [5, 5.41) is 0.320. The SMILES string of the molecule is C=CCC[C@H]1C(CO[Si](C)(C)C(C)(C)C)CC2CC(C)(C)CC21. The minimum absolute atomic E-state index is 0.320. The Balaban J connectivity index is 2.02. The fourth-order valence-corrected chi connectivity index (χ4v) is 5.97. The van der Waals surface area contributed by atoms with Gasteiger partial charge in [0.2, 0.25) is 0 Å². The lowest BCUT2D eigenvalue weighted by molar-refractivity contribution is 0.164. The molecule has 2 fully saturated rings. The van der Waals surface area contributed by atoms with E-state index in [1.54, 1.807) is 0 Å². The van der Waals surface area contributed by atoms with E-state index in [1.807, 2.05) is 0 Å². The van der Waals surface area contributed by atoms with Crippen molar-refractivity contribution >= 4 is 8.32 Å². The average Bonchev–Trinajstić information content (AvgIpc) is 2.84. The largest absolute Gasteiger partial charge is 0.417 e. The number of rotatable bonds is 6. The van der Waals surface area contributed by atoms with Gasteiger partial charge in [-0.15, -0.1) is 6.58 Å². The van der Waals surface area contributed by atoms with Gasteiger partial charge in [-0.1, -0.05) is 40.7 Å². The maximum Gasteiger partial charge on any atom is 0.191 e. The van der Waals surface area contributed by atoms with Gasteiger partial charge in [0.1, 0.15) is 0 Å². The van der Waals surface area contributed by atoms with Gasteiger partial charge in [0.15, 0.2) is 8.32 Å². The summed E-state index contributed by atoms with van der Waals surface area (Å²) in [4.78, 5) is 0. The van der Waals surface area contributed by atoms with Gasteiger partial charge in [-0.3, -0.25) is 0 Å². The third-order valence-corrected chi connectivity index (χ3v) is 11.6. The Morgan fingerprint density at radius 2 is 1.87 bits per heavy atom. The van der Waals surface area contributed by atoms with E-state index in [0.717, 1.165) is 30.3 Å². The summed E-state index contributed by atoms with van der Waals surface area (Å²) in [7, 11) is -1.62. The van der Waals surface area contributed by atoms with E-state index in [1.165, 1.54) is 32.1 Å². The molecule has 0 N–H and O–H groups in total. The zero-order valence-corrected chi connectivity index (χ0v) is 17.7. The van der Waals surface area contributed by atoms with E-state index in [2.05, 4.69) is 60.4 Å². The molecule has 2 aliphatic rings. The predicted octanol–water partition coefficient (Wildman–Crippen LogP) is 6.66. The lowest BCUT2D eigenvalue weighted by atomic mass is 9.80. The van der Waals surface area contributed by atoms with Crippen LogP contribution in [0.15, 0.2) is 12.7 Å². The summed E-state index contributed by atoms with van der Waals surface area (Å²) in [6.07, 6.45) is 8.87. The normalized spacial score (nSPS) is 33.7. The van der Waals surface area contributed by atoms with Crippen LogP contribution in [0, 0.1) is 29.1 Å². The maximum absolute atomic E-state index is 6.62. The predicted molar refractivity (Wildman–Crippen MR) is 104 cm³/mol. The highest BCUT2D eigenvalue weighted by Gasteiger charge is 2.50. The van der Waals surface area contributed by atoms with Crippen LogP contribution in [-0.2, 0) is 4.43 Å². The van der Waals surface area contributed by atoms with Crippen molar-refractivity contribution < 1.29 is 4.43 Å². The van der Waals surface area contributed by atoms with E-state index < -0.39 is 8.32 Å². The number of allylic oxidation sites excluding steroid dienone is 1. The zero-order chi connectivity index (χ0) is 17.5. The molecule has 2 saturated carbocycles. The lowest BCUT2D eigenvalue weighted by Crippen LogP contribution is -2.42. The molecule has 2 heteroatoms. The Hall–Kier alpha value is -0.0831. The Labute approximate surface area is 146 Å². The highest BCUT2D eigenvalue weighted by molar-refractivity contribution is 6.74. The Kier molecular flexibility index (Phi) is 5.58. The number of hydrogen-bond acceptors (Lipinski definition) is 1. The van der Waals surface area contributed by atoms with Crippen LogP contribution in [0.25, 0.3) is 0 Å². The van der Waals surface area contributed by atoms with Crippen molar-refractivity contribution in [1.29, 1.82) is 0 Å². The summed E-state index contributed by atoms with van der Waals surface area (Å²) in [5.74, 6) is 3.55. The van der Waals surface area contributed by atoms with E-state index >= 15 is 0 Å². The van der Waals surface area contributed by atoms with E-state index in [4.69, 9.17) is 4.43 Å². The first-order chi connectivity index (χ1) is 10.5. The van der Waals surface area contributed by atoms with Gasteiger partial charge in [-0.2, -0.15) is 0 Å². The lowest BCUT2D eigenvalue weighted by Gasteiger charge is -2.38. The highest BCUT2D eigenvalue weighted by Crippen LogP contribution is 2.58. The monoisotopic (exact) mass is 336 g/mol. The van der Waals surface area contributed by atoms with Crippen LogP contribution in [0.4, 0.5) is 0 Å². The summed E-state index contributed by atoms with van der Waals surface area (Å²) in [6, 6.07) is 0. The smallest absolute Gasteiger partial charge is 0.191 e. The molecule has 0 heterocycles. The molecule has 0 aromatic rings. The van der Waals surface area contributed by atoms with Crippen LogP contribution >= 0.6 is 0 Å². The number of hydrogen-bond donors (Lipinski definition) is 0. The third-order valence-electron chi connectivity index (χ3n) is 7.14. The first-order valence-electron chi connectivity index (χ1n) is 9.72. The van der Waals surface area contributed by atoms with Crippen LogP contribution in [0.1, 0.15) is 66.7 Å². The van der Waals surface area contributed by atoms with E-state index in [-0.39, 0.29) is 0 Å². The van der Waals surface area contributed by atoms with Crippen molar-refractivity contribution in [2.45, 2.75) is 84.9 Å². The van der Waals surface area contributed by atoms with Crippen molar-refractivity contribution in [2.75, 3.05) is 6.61 Å². The second-order valence-corrected chi connectivity index (χ2v) is 15.4. The van der Waals surface area contributed by atoms with Crippen LogP contribution in [0.3, 0.4) is 0 Å². The van der Waals surface area contributed by atoms with E-state index in [0.29, 0.717) is 10.5 Å². The summed E-state index contributed by atoms with van der Waals surface area (Å²) >= 11 is 0. The molecule has 1 nitrogen and oxygen atoms in total. The molecule has 0 bridgehead atoms. The first-order valence-corrected chi connectivity index (χ1v) is 12.6. The van der Waals surface area contributed by atoms with Gasteiger partial charge in [-0.25, -0.2) is 0 Å². The summed E-state index contributed by atoms with van der Waals surface area (Å²) in [5.41, 5.74) is 0.563. The third kappa shape index (κ3) is 4.31. The molecule has 0 aliphatic heterocycles. The Bertz CT molecular complexity index is 418. The summed E-state index contributed by atoms with van der Waals surface area (Å²) in [6.45, 7) is 21.7. The summed E-state index contributed by atoms with van der Waals surface area (Å²) < 4.78 is 6.62. The zero-order valence-electron chi connectivity index (χ0n) is 16.7. The molecule has 0 spiro atoms. The van der Waals surface area contributed by atoms with Crippen molar-refractivity contribution in [1.82, 2.24) is 0 Å². The second kappa shape index (κ2) is 6.67. The molecule has 134 valence electrons. The molecular formula is C21H40OSi. The molecule has 0 aromatic carbocycles. The quantitative estimate of drug-likeness (QED) is 0.389. The van der Waals surface area contributed by atoms with E-state index in [9.17, 15) is 0 Å². The van der Waals surface area contributed by atoms with Gasteiger partial charge in [-0.05, 0) is 79.3 Å². The second-order valence-electron chi connectivity index (χ2n) is 10.6. The highest BCUT2D eigenvalue weighted by atomic mass is 28.4. The molecule has 4 atom stereocenters. The molecule has 2 aliphatic carbocycles. The van der Waals surface area contributed by atoms with Gasteiger partial charge >= 0.3 is 0 Å². The molecule has 0 aromatic heterocycles.